The highest BCUT2D eigenvalue weighted by Crippen LogP contribution is 2.44. The lowest BCUT2D eigenvalue weighted by molar-refractivity contribution is 0.426. The summed E-state index contributed by atoms with van der Waals surface area (Å²) in [6, 6.07) is 14.5. The van der Waals surface area contributed by atoms with Crippen LogP contribution in [0.3, 0.4) is 0 Å². The Kier molecular flexibility index (Phi) is 5.66. The summed E-state index contributed by atoms with van der Waals surface area (Å²) in [5, 5.41) is 19.9. The number of rotatable bonds is 4. The lowest BCUT2D eigenvalue weighted by atomic mass is 9.70. The lowest BCUT2D eigenvalue weighted by Crippen LogP contribution is -2.27. The summed E-state index contributed by atoms with van der Waals surface area (Å²) in [5.41, 5.74) is 1.54. The fourth-order valence-corrected chi connectivity index (χ4v) is 5.49. The molecule has 0 bridgehead atoms. The number of phenols is 2. The first-order chi connectivity index (χ1) is 13.5. The van der Waals surface area contributed by atoms with Crippen molar-refractivity contribution in [3.8, 4) is 11.5 Å². The third kappa shape index (κ3) is 3.85. The molecule has 0 saturated carbocycles. The van der Waals surface area contributed by atoms with Gasteiger partial charge >= 0.3 is 0 Å². The summed E-state index contributed by atoms with van der Waals surface area (Å²) in [7, 11) is -3.60. The third-order valence-electron chi connectivity index (χ3n) is 5.29. The number of phenolic OH excluding ortho intramolecular Hbond substituents is 2. The van der Waals surface area contributed by atoms with Gasteiger partial charge in [0.15, 0.2) is 11.6 Å². The molecule has 3 rings (SSSR count). The van der Waals surface area contributed by atoms with E-state index in [0.29, 0.717) is 27.8 Å². The molecule has 3 aromatic carbocycles. The van der Waals surface area contributed by atoms with Gasteiger partial charge in [-0.25, -0.2) is 12.8 Å². The van der Waals surface area contributed by atoms with Gasteiger partial charge < -0.3 is 10.2 Å². The minimum atomic E-state index is -3.60. The zero-order valence-corrected chi connectivity index (χ0v) is 19.0. The standard InChI is InChI=1S/C22H20FIO4S/c1-13-10-15(8-9-19(13)25)22(3,16-11-14(2)21(26)18(23)12-16)17-6-4-5-7-20(17)29(24,27)28/h4-12,25-26H,1-3H3. The van der Waals surface area contributed by atoms with Crippen molar-refractivity contribution in [2.75, 3.05) is 0 Å². The highest BCUT2D eigenvalue weighted by atomic mass is 127. The fraction of sp³-hybridized carbons (Fsp3) is 0.182. The van der Waals surface area contributed by atoms with Gasteiger partial charge in [-0.1, -0.05) is 36.4 Å². The van der Waals surface area contributed by atoms with Crippen LogP contribution in [0.2, 0.25) is 0 Å². The van der Waals surface area contributed by atoms with E-state index in [1.165, 1.54) is 39.4 Å². The first-order valence-electron chi connectivity index (χ1n) is 8.80. The maximum Gasteiger partial charge on any atom is 0.231 e. The molecule has 2 N–H and O–H groups in total. The quantitative estimate of drug-likeness (QED) is 0.274. The summed E-state index contributed by atoms with van der Waals surface area (Å²) in [6.07, 6.45) is 0. The summed E-state index contributed by atoms with van der Waals surface area (Å²) in [5.74, 6) is -1.11. The summed E-state index contributed by atoms with van der Waals surface area (Å²) >= 11 is 1.40. The maximum absolute atomic E-state index is 14.5. The van der Waals surface area contributed by atoms with Crippen molar-refractivity contribution in [3.05, 3.63) is 88.2 Å². The van der Waals surface area contributed by atoms with Gasteiger partial charge in [0.25, 0.3) is 0 Å². The van der Waals surface area contributed by atoms with Crippen molar-refractivity contribution < 1.29 is 23.0 Å². The van der Waals surface area contributed by atoms with E-state index in [2.05, 4.69) is 0 Å². The minimum Gasteiger partial charge on any atom is -0.508 e. The zero-order chi connectivity index (χ0) is 21.6. The summed E-state index contributed by atoms with van der Waals surface area (Å²) in [4.78, 5) is 0.125. The Bertz CT molecular complexity index is 1180. The van der Waals surface area contributed by atoms with E-state index in [9.17, 15) is 23.0 Å². The monoisotopic (exact) mass is 526 g/mol. The predicted molar refractivity (Wildman–Crippen MR) is 119 cm³/mol. The van der Waals surface area contributed by atoms with Crippen LogP contribution >= 0.6 is 21.2 Å². The van der Waals surface area contributed by atoms with E-state index in [0.717, 1.165) is 0 Å². The summed E-state index contributed by atoms with van der Waals surface area (Å²) < 4.78 is 39.5. The highest BCUT2D eigenvalue weighted by molar-refractivity contribution is 14.2. The molecular formula is C22H20FIO4S. The van der Waals surface area contributed by atoms with Crippen LogP contribution in [0.25, 0.3) is 0 Å². The van der Waals surface area contributed by atoms with Gasteiger partial charge in [0, 0.05) is 5.41 Å². The smallest absolute Gasteiger partial charge is 0.231 e. The average Bonchev–Trinajstić information content (AvgIpc) is 2.66. The van der Waals surface area contributed by atoms with E-state index in [4.69, 9.17) is 0 Å². The summed E-state index contributed by atoms with van der Waals surface area (Å²) in [6.45, 7) is 5.14. The van der Waals surface area contributed by atoms with Crippen LogP contribution in [0.1, 0.15) is 34.7 Å². The van der Waals surface area contributed by atoms with Crippen LogP contribution in [0.5, 0.6) is 11.5 Å². The number of halogens is 2. The van der Waals surface area contributed by atoms with Crippen molar-refractivity contribution in [1.29, 1.82) is 0 Å². The number of aromatic hydroxyl groups is 2. The number of hydrogen-bond acceptors (Lipinski definition) is 4. The lowest BCUT2D eigenvalue weighted by Gasteiger charge is -2.34. The Morgan fingerprint density at radius 2 is 1.55 bits per heavy atom. The van der Waals surface area contributed by atoms with Gasteiger partial charge in [-0.15, -0.1) is 0 Å². The topological polar surface area (TPSA) is 74.6 Å². The van der Waals surface area contributed by atoms with Crippen molar-refractivity contribution in [2.45, 2.75) is 31.1 Å². The van der Waals surface area contributed by atoms with Crippen molar-refractivity contribution in [1.82, 2.24) is 0 Å². The third-order valence-corrected chi connectivity index (χ3v) is 7.60. The predicted octanol–water partition coefficient (Wildman–Crippen LogP) is 5.33. The zero-order valence-electron chi connectivity index (χ0n) is 16.1. The van der Waals surface area contributed by atoms with E-state index in [1.54, 1.807) is 50.2 Å². The van der Waals surface area contributed by atoms with Crippen LogP contribution in [-0.2, 0) is 12.4 Å². The highest BCUT2D eigenvalue weighted by Gasteiger charge is 2.36. The van der Waals surface area contributed by atoms with Crippen molar-refractivity contribution in [2.24, 2.45) is 0 Å². The molecule has 3 aromatic rings. The first-order valence-corrected chi connectivity index (χ1v) is 12.8. The van der Waals surface area contributed by atoms with Crippen molar-refractivity contribution in [3.63, 3.8) is 0 Å². The second-order valence-electron chi connectivity index (χ2n) is 7.18. The van der Waals surface area contributed by atoms with Gasteiger partial charge in [-0.3, -0.25) is 0 Å². The molecule has 152 valence electrons. The van der Waals surface area contributed by atoms with E-state index in [-0.39, 0.29) is 10.6 Å². The Labute approximate surface area is 181 Å². The second kappa shape index (κ2) is 7.60. The van der Waals surface area contributed by atoms with E-state index < -0.39 is 24.0 Å². The second-order valence-corrected chi connectivity index (χ2v) is 12.0. The molecule has 1 unspecified atom stereocenters. The van der Waals surface area contributed by atoms with Crippen LogP contribution in [-0.4, -0.2) is 18.6 Å². The molecule has 4 nitrogen and oxygen atoms in total. The molecule has 0 radical (unpaired) electrons. The number of benzene rings is 3. The first kappa shape index (κ1) is 21.6. The van der Waals surface area contributed by atoms with Crippen LogP contribution in [0, 0.1) is 19.7 Å². The SMILES string of the molecule is Cc1cc(C(C)(c2cc(C)c(O)c(F)c2)c2ccccc2S(=O)(=O)I)ccc1O. The molecule has 1 atom stereocenters. The molecule has 0 fully saturated rings. The molecule has 0 aliphatic carbocycles. The van der Waals surface area contributed by atoms with Gasteiger partial charge in [0.1, 0.15) is 5.75 Å². The van der Waals surface area contributed by atoms with Gasteiger partial charge in [0.05, 0.1) is 26.1 Å². The van der Waals surface area contributed by atoms with Crippen LogP contribution in [0.15, 0.2) is 59.5 Å². The fourth-order valence-electron chi connectivity index (χ4n) is 3.56. The van der Waals surface area contributed by atoms with E-state index in [1.807, 2.05) is 6.92 Å². The largest absolute Gasteiger partial charge is 0.508 e. The Hall–Kier alpha value is -2.13. The number of hydrogen-bond donors (Lipinski definition) is 2. The van der Waals surface area contributed by atoms with E-state index >= 15 is 0 Å². The maximum atomic E-state index is 14.5. The average molecular weight is 526 g/mol. The molecule has 0 amide bonds. The van der Waals surface area contributed by atoms with Gasteiger partial charge in [0.2, 0.25) is 7.01 Å². The Morgan fingerprint density at radius 3 is 2.14 bits per heavy atom. The van der Waals surface area contributed by atoms with Gasteiger partial charge in [-0.05, 0) is 66.8 Å². The molecule has 0 heterocycles. The Balaban J connectivity index is 2.46. The molecule has 0 spiro atoms. The molecule has 0 saturated heterocycles. The van der Waals surface area contributed by atoms with Crippen molar-refractivity contribution >= 4 is 28.2 Å². The van der Waals surface area contributed by atoms with Gasteiger partial charge in [-0.2, -0.15) is 0 Å². The van der Waals surface area contributed by atoms with Crippen LogP contribution in [0.4, 0.5) is 4.39 Å². The minimum absolute atomic E-state index is 0.110. The number of aryl methyl sites for hydroxylation is 2. The molecule has 0 aliphatic heterocycles. The normalized spacial score (nSPS) is 13.8. The Morgan fingerprint density at radius 1 is 0.931 bits per heavy atom. The van der Waals surface area contributed by atoms with Crippen LogP contribution < -0.4 is 0 Å². The molecule has 0 aliphatic rings. The molecular weight excluding hydrogens is 506 g/mol. The molecule has 7 heteroatoms. The molecule has 0 aromatic heterocycles. The molecule has 29 heavy (non-hydrogen) atoms.